The second kappa shape index (κ2) is 6.80. The Hall–Kier alpha value is -1.06. The molecule has 0 radical (unpaired) electrons. The minimum Gasteiger partial charge on any atom is -0.340 e. The SMILES string of the molecule is CCCN1C(=O)C(CC)(CC)NC(=O)C1C1CCCCC1. The van der Waals surface area contributed by atoms with Crippen LogP contribution in [0.15, 0.2) is 0 Å². The summed E-state index contributed by atoms with van der Waals surface area (Å²) in [5.41, 5.74) is -0.669. The summed E-state index contributed by atoms with van der Waals surface area (Å²) in [5, 5.41) is 3.08. The largest absolute Gasteiger partial charge is 0.340 e. The third-order valence-electron chi connectivity index (χ3n) is 5.41. The molecule has 1 saturated carbocycles. The standard InChI is InChI=1S/C17H30N2O2/c1-4-12-19-14(13-10-8-7-9-11-13)15(20)18-17(5-2,6-3)16(19)21/h13-14H,4-12H2,1-3H3,(H,18,20). The van der Waals surface area contributed by atoms with Crippen LogP contribution in [0.4, 0.5) is 0 Å². The molecule has 2 amide bonds. The van der Waals surface area contributed by atoms with Gasteiger partial charge in [0.1, 0.15) is 11.6 Å². The first-order valence-corrected chi connectivity index (χ1v) is 8.72. The lowest BCUT2D eigenvalue weighted by Crippen LogP contribution is -2.71. The van der Waals surface area contributed by atoms with Crippen LogP contribution in [-0.4, -0.2) is 34.8 Å². The highest BCUT2D eigenvalue weighted by atomic mass is 16.2. The zero-order chi connectivity index (χ0) is 15.5. The minimum absolute atomic E-state index is 0.0821. The molecule has 2 rings (SSSR count). The van der Waals surface area contributed by atoms with Crippen molar-refractivity contribution < 1.29 is 9.59 Å². The van der Waals surface area contributed by atoms with Crippen LogP contribution in [0.2, 0.25) is 0 Å². The average molecular weight is 294 g/mol. The molecule has 1 N–H and O–H groups in total. The Kier molecular flexibility index (Phi) is 5.28. The number of amides is 2. The highest BCUT2D eigenvalue weighted by Gasteiger charge is 2.50. The maximum Gasteiger partial charge on any atom is 0.248 e. The number of carbonyl (C=O) groups excluding carboxylic acids is 2. The summed E-state index contributed by atoms with van der Waals surface area (Å²) in [7, 11) is 0. The number of hydrogen-bond acceptors (Lipinski definition) is 2. The summed E-state index contributed by atoms with van der Waals surface area (Å²) >= 11 is 0. The van der Waals surface area contributed by atoms with E-state index < -0.39 is 5.54 Å². The topological polar surface area (TPSA) is 49.4 Å². The lowest BCUT2D eigenvalue weighted by molar-refractivity contribution is -0.158. The highest BCUT2D eigenvalue weighted by Crippen LogP contribution is 2.34. The molecule has 1 saturated heterocycles. The van der Waals surface area contributed by atoms with Crippen molar-refractivity contribution in [3.05, 3.63) is 0 Å². The average Bonchev–Trinajstić information content (AvgIpc) is 2.52. The molecular formula is C17H30N2O2. The van der Waals surface area contributed by atoms with E-state index in [1.165, 1.54) is 19.3 Å². The second-order valence-corrected chi connectivity index (χ2v) is 6.62. The Bertz CT molecular complexity index is 384. The molecule has 1 aliphatic carbocycles. The lowest BCUT2D eigenvalue weighted by Gasteiger charge is -2.48. The molecule has 0 spiro atoms. The molecule has 120 valence electrons. The lowest BCUT2D eigenvalue weighted by atomic mass is 9.78. The Labute approximate surface area is 128 Å². The molecule has 1 heterocycles. The Morgan fingerprint density at radius 3 is 2.24 bits per heavy atom. The maximum atomic E-state index is 13.0. The van der Waals surface area contributed by atoms with Crippen LogP contribution < -0.4 is 5.32 Å². The summed E-state index contributed by atoms with van der Waals surface area (Å²) in [6, 6.07) is -0.232. The zero-order valence-corrected chi connectivity index (χ0v) is 13.8. The molecule has 0 bridgehead atoms. The summed E-state index contributed by atoms with van der Waals surface area (Å²) in [6.45, 7) is 6.77. The van der Waals surface area contributed by atoms with E-state index in [0.717, 1.165) is 19.3 Å². The second-order valence-electron chi connectivity index (χ2n) is 6.62. The van der Waals surface area contributed by atoms with Crippen LogP contribution in [0, 0.1) is 5.92 Å². The van der Waals surface area contributed by atoms with Crippen LogP contribution in [0.3, 0.4) is 0 Å². The van der Waals surface area contributed by atoms with Crippen molar-refractivity contribution in [1.82, 2.24) is 10.2 Å². The zero-order valence-electron chi connectivity index (χ0n) is 13.8. The Morgan fingerprint density at radius 2 is 1.71 bits per heavy atom. The van der Waals surface area contributed by atoms with E-state index in [2.05, 4.69) is 12.2 Å². The van der Waals surface area contributed by atoms with Crippen LogP contribution in [0.25, 0.3) is 0 Å². The van der Waals surface area contributed by atoms with Gasteiger partial charge in [-0.2, -0.15) is 0 Å². The van der Waals surface area contributed by atoms with Gasteiger partial charge in [-0.15, -0.1) is 0 Å². The molecule has 0 aromatic rings. The van der Waals surface area contributed by atoms with Crippen LogP contribution in [0.1, 0.15) is 72.1 Å². The van der Waals surface area contributed by atoms with Crippen molar-refractivity contribution in [2.24, 2.45) is 5.92 Å². The maximum absolute atomic E-state index is 13.0. The monoisotopic (exact) mass is 294 g/mol. The first-order chi connectivity index (χ1) is 10.1. The predicted molar refractivity (Wildman–Crippen MR) is 83.8 cm³/mol. The van der Waals surface area contributed by atoms with Gasteiger partial charge in [-0.1, -0.05) is 40.0 Å². The van der Waals surface area contributed by atoms with Gasteiger partial charge in [0.2, 0.25) is 11.8 Å². The minimum atomic E-state index is -0.669. The van der Waals surface area contributed by atoms with Gasteiger partial charge in [-0.25, -0.2) is 0 Å². The number of nitrogens with zero attached hydrogens (tertiary/aromatic N) is 1. The van der Waals surface area contributed by atoms with E-state index in [9.17, 15) is 9.59 Å². The van der Waals surface area contributed by atoms with Gasteiger partial charge < -0.3 is 10.2 Å². The third kappa shape index (κ3) is 2.95. The van der Waals surface area contributed by atoms with Crippen molar-refractivity contribution in [3.63, 3.8) is 0 Å². The smallest absolute Gasteiger partial charge is 0.248 e. The molecule has 4 heteroatoms. The number of piperazine rings is 1. The molecule has 0 aromatic heterocycles. The van der Waals surface area contributed by atoms with E-state index in [0.29, 0.717) is 25.3 Å². The van der Waals surface area contributed by atoms with E-state index in [1.807, 2.05) is 18.7 Å². The van der Waals surface area contributed by atoms with Crippen LogP contribution in [0.5, 0.6) is 0 Å². The summed E-state index contributed by atoms with van der Waals surface area (Å²) in [5.74, 6) is 0.573. The molecule has 1 aliphatic heterocycles. The predicted octanol–water partition coefficient (Wildman–Crippen LogP) is 2.86. The molecule has 2 aliphatic rings. The van der Waals surface area contributed by atoms with Gasteiger partial charge in [0.15, 0.2) is 0 Å². The number of carbonyl (C=O) groups is 2. The van der Waals surface area contributed by atoms with Crippen molar-refractivity contribution in [1.29, 1.82) is 0 Å². The fourth-order valence-electron chi connectivity index (χ4n) is 4.04. The first-order valence-electron chi connectivity index (χ1n) is 8.72. The van der Waals surface area contributed by atoms with E-state index in [1.54, 1.807) is 0 Å². The quantitative estimate of drug-likeness (QED) is 0.847. The summed E-state index contributed by atoms with van der Waals surface area (Å²) in [6.07, 6.45) is 8.06. The molecule has 1 atom stereocenters. The van der Waals surface area contributed by atoms with Crippen molar-refractivity contribution >= 4 is 11.8 Å². The van der Waals surface area contributed by atoms with Gasteiger partial charge >= 0.3 is 0 Å². The molecular weight excluding hydrogens is 264 g/mol. The highest BCUT2D eigenvalue weighted by molar-refractivity contribution is 6.00. The Morgan fingerprint density at radius 1 is 1.10 bits per heavy atom. The van der Waals surface area contributed by atoms with Crippen molar-refractivity contribution in [2.45, 2.75) is 83.7 Å². The normalized spacial score (nSPS) is 26.8. The fraction of sp³-hybridized carbons (Fsp3) is 0.882. The van der Waals surface area contributed by atoms with Crippen molar-refractivity contribution in [2.75, 3.05) is 6.54 Å². The molecule has 21 heavy (non-hydrogen) atoms. The molecule has 2 fully saturated rings. The van der Waals surface area contributed by atoms with E-state index in [4.69, 9.17) is 0 Å². The molecule has 1 unspecified atom stereocenters. The number of rotatable bonds is 5. The van der Waals surface area contributed by atoms with Gasteiger partial charge in [-0.05, 0) is 38.0 Å². The van der Waals surface area contributed by atoms with Crippen molar-refractivity contribution in [3.8, 4) is 0 Å². The van der Waals surface area contributed by atoms with Crippen LogP contribution in [-0.2, 0) is 9.59 Å². The van der Waals surface area contributed by atoms with E-state index >= 15 is 0 Å². The number of nitrogens with one attached hydrogen (secondary N) is 1. The van der Waals surface area contributed by atoms with Gasteiger partial charge in [0, 0.05) is 6.54 Å². The molecule has 0 aromatic carbocycles. The fourth-order valence-corrected chi connectivity index (χ4v) is 4.04. The summed E-state index contributed by atoms with van der Waals surface area (Å²) in [4.78, 5) is 27.7. The van der Waals surface area contributed by atoms with Gasteiger partial charge in [-0.3, -0.25) is 9.59 Å². The Balaban J connectivity index is 2.28. The van der Waals surface area contributed by atoms with Gasteiger partial charge in [0.25, 0.3) is 0 Å². The third-order valence-corrected chi connectivity index (χ3v) is 5.41. The first kappa shape index (κ1) is 16.3. The molecule has 4 nitrogen and oxygen atoms in total. The van der Waals surface area contributed by atoms with E-state index in [-0.39, 0.29) is 17.9 Å². The summed E-state index contributed by atoms with van der Waals surface area (Å²) < 4.78 is 0. The van der Waals surface area contributed by atoms with Gasteiger partial charge in [0.05, 0.1) is 0 Å². The van der Waals surface area contributed by atoms with Crippen LogP contribution >= 0.6 is 0 Å². The number of hydrogen-bond donors (Lipinski definition) is 1.